The van der Waals surface area contributed by atoms with E-state index < -0.39 is 34.7 Å². The number of carbonyl (C=O) groups excluding carboxylic acids is 3. The fourth-order valence-electron chi connectivity index (χ4n) is 3.86. The Labute approximate surface area is 193 Å². The van der Waals surface area contributed by atoms with Crippen molar-refractivity contribution in [1.29, 1.82) is 0 Å². The van der Waals surface area contributed by atoms with Gasteiger partial charge in [0.05, 0.1) is 30.5 Å². The van der Waals surface area contributed by atoms with Crippen LogP contribution in [0.2, 0.25) is 0 Å². The first-order valence-electron chi connectivity index (χ1n) is 10.5. The zero-order valence-electron chi connectivity index (χ0n) is 18.2. The molecular weight excluding hydrogens is 453 g/mol. The largest absolute Gasteiger partial charge is 0.442 e. The predicted octanol–water partition coefficient (Wildman–Crippen LogP) is 1.75. The molecule has 2 fully saturated rings. The topological polar surface area (TPSA) is 138 Å². The van der Waals surface area contributed by atoms with Crippen LogP contribution in [0.3, 0.4) is 0 Å². The Morgan fingerprint density at radius 3 is 2.56 bits per heavy atom. The molecule has 0 radical (unpaired) electrons. The van der Waals surface area contributed by atoms with Crippen LogP contribution in [0, 0.1) is 15.9 Å². The monoisotopic (exact) mass is 475 g/mol. The highest BCUT2D eigenvalue weighted by atomic mass is 19.1. The molecule has 0 aliphatic carbocycles. The maximum atomic E-state index is 14.9. The van der Waals surface area contributed by atoms with Gasteiger partial charge in [-0.25, -0.2) is 9.18 Å². The van der Waals surface area contributed by atoms with Crippen molar-refractivity contribution in [2.24, 2.45) is 0 Å². The van der Waals surface area contributed by atoms with Crippen molar-refractivity contribution in [3.05, 3.63) is 52.0 Å². The van der Waals surface area contributed by atoms with E-state index in [2.05, 4.69) is 5.32 Å². The van der Waals surface area contributed by atoms with Crippen LogP contribution >= 0.6 is 0 Å². The molecule has 0 saturated carbocycles. The molecule has 1 aromatic carbocycles. The number of halogens is 1. The Hall–Kier alpha value is -4.16. The number of amides is 3. The zero-order chi connectivity index (χ0) is 24.4. The summed E-state index contributed by atoms with van der Waals surface area (Å²) < 4.78 is 25.1. The highest BCUT2D eigenvalue weighted by Crippen LogP contribution is 2.29. The fourth-order valence-corrected chi connectivity index (χ4v) is 3.86. The average molecular weight is 475 g/mol. The van der Waals surface area contributed by atoms with Crippen molar-refractivity contribution < 1.29 is 32.9 Å². The van der Waals surface area contributed by atoms with Gasteiger partial charge in [-0.2, -0.15) is 0 Å². The summed E-state index contributed by atoms with van der Waals surface area (Å²) in [5.74, 6) is -1.86. The Morgan fingerprint density at radius 2 is 1.94 bits per heavy atom. The molecule has 2 aliphatic heterocycles. The van der Waals surface area contributed by atoms with Gasteiger partial charge in [0.15, 0.2) is 5.76 Å². The Kier molecular flexibility index (Phi) is 6.34. The number of piperazine rings is 1. The molecule has 1 aromatic heterocycles. The summed E-state index contributed by atoms with van der Waals surface area (Å²) in [6.07, 6.45) is -1.15. The summed E-state index contributed by atoms with van der Waals surface area (Å²) >= 11 is 0. The summed E-state index contributed by atoms with van der Waals surface area (Å²) in [6.45, 7) is 2.96. The molecule has 3 amide bonds. The van der Waals surface area contributed by atoms with E-state index in [-0.39, 0.29) is 37.8 Å². The molecule has 2 saturated heterocycles. The van der Waals surface area contributed by atoms with E-state index in [0.29, 0.717) is 24.5 Å². The number of furan rings is 1. The van der Waals surface area contributed by atoms with Gasteiger partial charge in [-0.1, -0.05) is 0 Å². The number of hydrogen-bond acceptors (Lipinski definition) is 8. The van der Waals surface area contributed by atoms with Crippen LogP contribution in [0.1, 0.15) is 17.5 Å². The maximum Gasteiger partial charge on any atom is 0.433 e. The summed E-state index contributed by atoms with van der Waals surface area (Å²) in [4.78, 5) is 50.3. The van der Waals surface area contributed by atoms with Gasteiger partial charge in [-0.05, 0) is 24.3 Å². The third-order valence-electron chi connectivity index (χ3n) is 5.59. The zero-order valence-corrected chi connectivity index (χ0v) is 18.2. The second-order valence-electron chi connectivity index (χ2n) is 7.86. The van der Waals surface area contributed by atoms with Crippen LogP contribution in [0.25, 0.3) is 0 Å². The van der Waals surface area contributed by atoms with Gasteiger partial charge in [0.25, 0.3) is 5.91 Å². The normalized spacial score (nSPS) is 18.1. The number of anilines is 2. The standard InChI is InChI=1S/C21H22FN5O7/c1-13(28)23-11-15-12-26(21(30)33-15)14-2-3-17(16(22)10-14)24-6-8-25(9-7-24)20(29)18-4-5-19(34-18)27(31)32/h2-5,10,15H,6-9,11-12H2,1H3,(H,23,28)/t15-/m0/s1. The average Bonchev–Trinajstić information content (AvgIpc) is 3.44. The van der Waals surface area contributed by atoms with Crippen LogP contribution in [0.5, 0.6) is 0 Å². The smallest absolute Gasteiger partial charge is 0.433 e. The van der Waals surface area contributed by atoms with Crippen molar-refractivity contribution >= 4 is 35.2 Å². The summed E-state index contributed by atoms with van der Waals surface area (Å²) in [7, 11) is 0. The molecule has 3 heterocycles. The third kappa shape index (κ3) is 4.77. The second-order valence-corrected chi connectivity index (χ2v) is 7.86. The van der Waals surface area contributed by atoms with Crippen LogP contribution in [0.15, 0.2) is 34.7 Å². The number of hydrogen-bond donors (Lipinski definition) is 1. The number of ether oxygens (including phenoxy) is 1. The van der Waals surface area contributed by atoms with Gasteiger partial charge in [-0.3, -0.25) is 24.6 Å². The quantitative estimate of drug-likeness (QED) is 0.493. The molecule has 0 unspecified atom stereocenters. The van der Waals surface area contributed by atoms with Crippen LogP contribution in [-0.4, -0.2) is 73.1 Å². The lowest BCUT2D eigenvalue weighted by Gasteiger charge is -2.36. The highest BCUT2D eigenvalue weighted by Gasteiger charge is 2.33. The van der Waals surface area contributed by atoms with Crippen LogP contribution < -0.4 is 15.1 Å². The van der Waals surface area contributed by atoms with E-state index in [1.165, 1.54) is 28.9 Å². The number of nitrogens with one attached hydrogen (secondary N) is 1. The Bertz CT molecular complexity index is 1130. The summed E-state index contributed by atoms with van der Waals surface area (Å²) in [5.41, 5.74) is 0.664. The lowest BCUT2D eigenvalue weighted by Crippen LogP contribution is -2.49. The van der Waals surface area contributed by atoms with Gasteiger partial charge in [0.2, 0.25) is 5.91 Å². The molecule has 0 bridgehead atoms. The minimum atomic E-state index is -0.716. The SMILES string of the molecule is CC(=O)NC[C@H]1CN(c2ccc(N3CCN(C(=O)c4ccc([N+](=O)[O-])o4)CC3)c(F)c2)C(=O)O1. The Balaban J connectivity index is 1.36. The molecule has 1 atom stereocenters. The third-order valence-corrected chi connectivity index (χ3v) is 5.59. The minimum Gasteiger partial charge on any atom is -0.442 e. The van der Waals surface area contributed by atoms with E-state index in [9.17, 15) is 28.9 Å². The van der Waals surface area contributed by atoms with Crippen LogP contribution in [0.4, 0.5) is 26.4 Å². The molecule has 34 heavy (non-hydrogen) atoms. The molecule has 13 heteroatoms. The summed E-state index contributed by atoms with van der Waals surface area (Å²) in [6, 6.07) is 6.80. The number of cyclic esters (lactones) is 1. The number of benzene rings is 1. The molecule has 2 aromatic rings. The number of nitro groups is 1. The van der Waals surface area contributed by atoms with Crippen molar-refractivity contribution in [3.63, 3.8) is 0 Å². The molecule has 1 N–H and O–H groups in total. The van der Waals surface area contributed by atoms with E-state index in [0.717, 1.165) is 6.07 Å². The van der Waals surface area contributed by atoms with Crippen molar-refractivity contribution in [2.45, 2.75) is 13.0 Å². The molecule has 2 aliphatic rings. The van der Waals surface area contributed by atoms with E-state index in [1.807, 2.05) is 0 Å². The predicted molar refractivity (Wildman–Crippen MR) is 116 cm³/mol. The lowest BCUT2D eigenvalue weighted by atomic mass is 10.2. The molecule has 180 valence electrons. The van der Waals surface area contributed by atoms with Gasteiger partial charge in [0, 0.05) is 33.1 Å². The van der Waals surface area contributed by atoms with Gasteiger partial charge < -0.3 is 24.3 Å². The lowest BCUT2D eigenvalue weighted by molar-refractivity contribution is -0.402. The first-order chi connectivity index (χ1) is 16.2. The van der Waals surface area contributed by atoms with E-state index in [1.54, 1.807) is 17.0 Å². The maximum absolute atomic E-state index is 14.9. The number of carbonyl (C=O) groups is 3. The second kappa shape index (κ2) is 9.37. The number of nitrogens with zero attached hydrogens (tertiary/aromatic N) is 4. The minimum absolute atomic E-state index is 0.120. The van der Waals surface area contributed by atoms with Gasteiger partial charge in [-0.15, -0.1) is 0 Å². The molecule has 12 nitrogen and oxygen atoms in total. The first-order valence-corrected chi connectivity index (χ1v) is 10.5. The number of rotatable bonds is 6. The first kappa shape index (κ1) is 23.0. The van der Waals surface area contributed by atoms with Gasteiger partial charge in [0.1, 0.15) is 16.8 Å². The van der Waals surface area contributed by atoms with E-state index >= 15 is 0 Å². The summed E-state index contributed by atoms with van der Waals surface area (Å²) in [5, 5.41) is 13.3. The highest BCUT2D eigenvalue weighted by molar-refractivity contribution is 5.92. The van der Waals surface area contributed by atoms with Crippen LogP contribution in [-0.2, 0) is 9.53 Å². The van der Waals surface area contributed by atoms with Crippen molar-refractivity contribution in [1.82, 2.24) is 10.2 Å². The molecule has 4 rings (SSSR count). The van der Waals surface area contributed by atoms with E-state index in [4.69, 9.17) is 9.15 Å². The molecule has 0 spiro atoms. The Morgan fingerprint density at radius 1 is 1.21 bits per heavy atom. The van der Waals surface area contributed by atoms with Crippen molar-refractivity contribution in [3.8, 4) is 0 Å². The van der Waals surface area contributed by atoms with Crippen molar-refractivity contribution in [2.75, 3.05) is 49.1 Å². The molecular formula is C21H22FN5O7. The fraction of sp³-hybridized carbons (Fsp3) is 0.381. The van der Waals surface area contributed by atoms with Gasteiger partial charge >= 0.3 is 12.0 Å².